The third-order valence-electron chi connectivity index (χ3n) is 2.14. The van der Waals surface area contributed by atoms with Crippen molar-refractivity contribution in [3.63, 3.8) is 0 Å². The van der Waals surface area contributed by atoms with E-state index in [1.807, 2.05) is 38.1 Å². The van der Waals surface area contributed by atoms with Crippen LogP contribution in [0, 0.1) is 6.92 Å². The van der Waals surface area contributed by atoms with Crippen molar-refractivity contribution in [2.45, 2.75) is 13.8 Å². The van der Waals surface area contributed by atoms with Crippen LogP contribution in [0.1, 0.15) is 12.7 Å². The summed E-state index contributed by atoms with van der Waals surface area (Å²) in [5, 5.41) is 0. The molecule has 94 valence electrons. The molecule has 0 atom stereocenters. The highest BCUT2D eigenvalue weighted by atomic mass is 79.9. The second-order valence-corrected chi connectivity index (χ2v) is 4.40. The van der Waals surface area contributed by atoms with Gasteiger partial charge in [0.2, 0.25) is 5.88 Å². The minimum Gasteiger partial charge on any atom is -0.494 e. The maximum absolute atomic E-state index is 5.64. The Morgan fingerprint density at radius 1 is 1.11 bits per heavy atom. The van der Waals surface area contributed by atoms with Crippen molar-refractivity contribution in [2.75, 3.05) is 6.61 Å². The second-order valence-electron chi connectivity index (χ2n) is 3.58. The molecule has 1 heterocycles. The SMILES string of the molecule is CCOc1ccc(Oc2cc(Br)nc(C)n2)cc1. The van der Waals surface area contributed by atoms with Crippen LogP contribution in [0.2, 0.25) is 0 Å². The van der Waals surface area contributed by atoms with Crippen LogP contribution in [-0.4, -0.2) is 16.6 Å². The number of hydrogen-bond acceptors (Lipinski definition) is 4. The van der Waals surface area contributed by atoms with Crippen LogP contribution in [0.4, 0.5) is 0 Å². The Labute approximate surface area is 114 Å². The van der Waals surface area contributed by atoms with Crippen LogP contribution in [-0.2, 0) is 0 Å². The van der Waals surface area contributed by atoms with Crippen LogP contribution in [0.3, 0.4) is 0 Å². The van der Waals surface area contributed by atoms with Gasteiger partial charge in [0, 0.05) is 6.07 Å². The van der Waals surface area contributed by atoms with Gasteiger partial charge in [0.05, 0.1) is 6.61 Å². The van der Waals surface area contributed by atoms with Gasteiger partial charge in [-0.1, -0.05) is 0 Å². The Balaban J connectivity index is 2.13. The standard InChI is InChI=1S/C13H13BrN2O2/c1-3-17-10-4-6-11(7-5-10)18-13-8-12(14)15-9(2)16-13/h4-8H,3H2,1-2H3. The maximum atomic E-state index is 5.64. The Morgan fingerprint density at radius 2 is 1.78 bits per heavy atom. The zero-order chi connectivity index (χ0) is 13.0. The van der Waals surface area contributed by atoms with Crippen LogP contribution in [0.25, 0.3) is 0 Å². The molecule has 0 N–H and O–H groups in total. The number of ether oxygens (including phenoxy) is 2. The number of nitrogens with zero attached hydrogens (tertiary/aromatic N) is 2. The summed E-state index contributed by atoms with van der Waals surface area (Å²) in [6.45, 7) is 4.42. The molecule has 2 aromatic rings. The van der Waals surface area contributed by atoms with Crippen molar-refractivity contribution in [3.8, 4) is 17.4 Å². The highest BCUT2D eigenvalue weighted by Crippen LogP contribution is 2.24. The number of halogens is 1. The van der Waals surface area contributed by atoms with E-state index in [0.717, 1.165) is 5.75 Å². The fraction of sp³-hybridized carbons (Fsp3) is 0.231. The van der Waals surface area contributed by atoms with Gasteiger partial charge < -0.3 is 9.47 Å². The number of benzene rings is 1. The average Bonchev–Trinajstić information content (AvgIpc) is 2.31. The predicted molar refractivity (Wildman–Crippen MR) is 72.2 cm³/mol. The minimum atomic E-state index is 0.513. The third-order valence-corrected chi connectivity index (χ3v) is 2.55. The molecule has 0 aliphatic carbocycles. The lowest BCUT2D eigenvalue weighted by molar-refractivity contribution is 0.339. The van der Waals surface area contributed by atoms with Crippen LogP contribution >= 0.6 is 15.9 Å². The van der Waals surface area contributed by atoms with Crippen LogP contribution in [0.15, 0.2) is 34.9 Å². The topological polar surface area (TPSA) is 44.2 Å². The molecule has 18 heavy (non-hydrogen) atoms. The van der Waals surface area contributed by atoms with E-state index in [0.29, 0.717) is 28.7 Å². The van der Waals surface area contributed by atoms with E-state index >= 15 is 0 Å². The quantitative estimate of drug-likeness (QED) is 0.807. The van der Waals surface area contributed by atoms with Crippen molar-refractivity contribution in [2.24, 2.45) is 0 Å². The van der Waals surface area contributed by atoms with Gasteiger partial charge in [-0.05, 0) is 54.0 Å². The number of hydrogen-bond donors (Lipinski definition) is 0. The highest BCUT2D eigenvalue weighted by Gasteiger charge is 2.03. The molecule has 0 amide bonds. The van der Waals surface area contributed by atoms with Gasteiger partial charge in [-0.3, -0.25) is 0 Å². The third kappa shape index (κ3) is 3.43. The van der Waals surface area contributed by atoms with E-state index in [-0.39, 0.29) is 0 Å². The summed E-state index contributed by atoms with van der Waals surface area (Å²) in [6.07, 6.45) is 0. The van der Waals surface area contributed by atoms with Gasteiger partial charge in [-0.15, -0.1) is 0 Å². The van der Waals surface area contributed by atoms with Gasteiger partial charge in [0.25, 0.3) is 0 Å². The molecule has 0 spiro atoms. The van der Waals surface area contributed by atoms with Crippen molar-refractivity contribution in [3.05, 3.63) is 40.8 Å². The Hall–Kier alpha value is -1.62. The van der Waals surface area contributed by atoms with Gasteiger partial charge in [-0.25, -0.2) is 4.98 Å². The summed E-state index contributed by atoms with van der Waals surface area (Å²) in [5.41, 5.74) is 0. The largest absolute Gasteiger partial charge is 0.494 e. The van der Waals surface area contributed by atoms with Crippen molar-refractivity contribution >= 4 is 15.9 Å². The molecule has 2 rings (SSSR count). The molecule has 0 unspecified atom stereocenters. The first-order valence-electron chi connectivity index (χ1n) is 5.59. The summed E-state index contributed by atoms with van der Waals surface area (Å²) in [7, 11) is 0. The summed E-state index contributed by atoms with van der Waals surface area (Å²) >= 11 is 3.31. The highest BCUT2D eigenvalue weighted by molar-refractivity contribution is 9.10. The zero-order valence-electron chi connectivity index (χ0n) is 10.2. The van der Waals surface area contributed by atoms with E-state index in [1.165, 1.54) is 0 Å². The molecule has 0 bridgehead atoms. The summed E-state index contributed by atoms with van der Waals surface area (Å²) in [6, 6.07) is 9.14. The molecule has 1 aromatic carbocycles. The predicted octanol–water partition coefficient (Wildman–Crippen LogP) is 3.74. The Kier molecular flexibility index (Phi) is 4.15. The van der Waals surface area contributed by atoms with Gasteiger partial charge in [0.1, 0.15) is 21.9 Å². The van der Waals surface area contributed by atoms with Crippen molar-refractivity contribution in [1.29, 1.82) is 0 Å². The average molecular weight is 309 g/mol. The molecule has 5 heteroatoms. The number of rotatable bonds is 4. The number of aryl methyl sites for hydroxylation is 1. The number of aromatic nitrogens is 2. The van der Waals surface area contributed by atoms with Gasteiger partial charge in [-0.2, -0.15) is 4.98 Å². The minimum absolute atomic E-state index is 0.513. The van der Waals surface area contributed by atoms with E-state index in [1.54, 1.807) is 6.07 Å². The molecular weight excluding hydrogens is 296 g/mol. The summed E-state index contributed by atoms with van der Waals surface area (Å²) in [4.78, 5) is 8.31. The molecule has 0 saturated carbocycles. The fourth-order valence-corrected chi connectivity index (χ4v) is 1.90. The monoisotopic (exact) mass is 308 g/mol. The lowest BCUT2D eigenvalue weighted by Gasteiger charge is -2.07. The van der Waals surface area contributed by atoms with Gasteiger partial charge in [0.15, 0.2) is 0 Å². The molecular formula is C13H13BrN2O2. The molecule has 4 nitrogen and oxygen atoms in total. The molecule has 0 aliphatic rings. The van der Waals surface area contributed by atoms with Crippen LogP contribution < -0.4 is 9.47 Å². The summed E-state index contributed by atoms with van der Waals surface area (Å²) in [5.74, 6) is 2.71. The second kappa shape index (κ2) is 5.82. The molecule has 0 fully saturated rings. The van der Waals surface area contributed by atoms with E-state index in [2.05, 4.69) is 25.9 Å². The van der Waals surface area contributed by atoms with Gasteiger partial charge >= 0.3 is 0 Å². The first kappa shape index (κ1) is 12.8. The normalized spacial score (nSPS) is 10.2. The Morgan fingerprint density at radius 3 is 2.39 bits per heavy atom. The lowest BCUT2D eigenvalue weighted by Crippen LogP contribution is -1.94. The maximum Gasteiger partial charge on any atom is 0.223 e. The lowest BCUT2D eigenvalue weighted by atomic mass is 10.3. The molecule has 0 radical (unpaired) electrons. The zero-order valence-corrected chi connectivity index (χ0v) is 11.8. The summed E-state index contributed by atoms with van der Waals surface area (Å²) < 4.78 is 11.7. The fourth-order valence-electron chi connectivity index (χ4n) is 1.45. The van der Waals surface area contributed by atoms with E-state index in [9.17, 15) is 0 Å². The molecule has 1 aromatic heterocycles. The molecule has 0 aliphatic heterocycles. The van der Waals surface area contributed by atoms with Crippen LogP contribution in [0.5, 0.6) is 17.4 Å². The van der Waals surface area contributed by atoms with Crippen molar-refractivity contribution < 1.29 is 9.47 Å². The smallest absolute Gasteiger partial charge is 0.223 e. The van der Waals surface area contributed by atoms with E-state index < -0.39 is 0 Å². The first-order valence-corrected chi connectivity index (χ1v) is 6.38. The molecule has 0 saturated heterocycles. The Bertz CT molecular complexity index is 509. The van der Waals surface area contributed by atoms with Crippen molar-refractivity contribution in [1.82, 2.24) is 9.97 Å². The van der Waals surface area contributed by atoms with E-state index in [4.69, 9.17) is 9.47 Å². The first-order chi connectivity index (χ1) is 8.67.